The predicted octanol–water partition coefficient (Wildman–Crippen LogP) is 5.12. The van der Waals surface area contributed by atoms with E-state index >= 15 is 0 Å². The highest BCUT2D eigenvalue weighted by molar-refractivity contribution is 7.10. The van der Waals surface area contributed by atoms with Gasteiger partial charge in [-0.2, -0.15) is 0 Å². The average Bonchev–Trinajstić information content (AvgIpc) is 3.30. The molecule has 2 heterocycles. The molecule has 8 heteroatoms. The summed E-state index contributed by atoms with van der Waals surface area (Å²) in [7, 11) is 1.62. The van der Waals surface area contributed by atoms with Crippen LogP contribution in [0.15, 0.2) is 35.7 Å². The zero-order valence-corrected chi connectivity index (χ0v) is 22.6. The molecule has 0 aliphatic carbocycles. The van der Waals surface area contributed by atoms with Crippen molar-refractivity contribution < 1.29 is 19.1 Å². The van der Waals surface area contributed by atoms with Crippen LogP contribution >= 0.6 is 11.3 Å². The third-order valence-electron chi connectivity index (χ3n) is 6.21. The van der Waals surface area contributed by atoms with E-state index < -0.39 is 0 Å². The Morgan fingerprint density at radius 3 is 2.60 bits per heavy atom. The minimum Gasteiger partial charge on any atom is -0.493 e. The topological polar surface area (TPSA) is 71.1 Å². The van der Waals surface area contributed by atoms with Crippen LogP contribution in [0, 0.1) is 5.92 Å². The van der Waals surface area contributed by atoms with E-state index in [4.69, 9.17) is 9.47 Å². The standard InChI is InChI=1S/C27H39N3O4S/c1-7-19(2)16-29(26(32)28-27(3,4)5)17-25(31)30-14-12-24-20(13-15-35-24)21(30)18-34-23-11-9-8-10-22(23)33-6/h8-11,13,15,19,21H,7,12,14,16-18H2,1-6H3,(H,28,32)/t19-,21+/m1/s1. The van der Waals surface area contributed by atoms with Crippen LogP contribution < -0.4 is 14.8 Å². The highest BCUT2D eigenvalue weighted by atomic mass is 32.1. The quantitative estimate of drug-likeness (QED) is 0.518. The number of ether oxygens (including phenoxy) is 2. The van der Waals surface area contributed by atoms with Crippen molar-refractivity contribution in [1.82, 2.24) is 15.1 Å². The molecule has 1 N–H and O–H groups in total. The molecule has 0 unspecified atom stereocenters. The van der Waals surface area contributed by atoms with Crippen LogP contribution in [0.25, 0.3) is 0 Å². The first-order chi connectivity index (χ1) is 16.6. The van der Waals surface area contributed by atoms with Gasteiger partial charge < -0.3 is 24.6 Å². The van der Waals surface area contributed by atoms with Gasteiger partial charge in [0.25, 0.3) is 0 Å². The van der Waals surface area contributed by atoms with Crippen molar-refractivity contribution in [3.8, 4) is 11.5 Å². The highest BCUT2D eigenvalue weighted by Gasteiger charge is 2.34. The van der Waals surface area contributed by atoms with E-state index in [0.717, 1.165) is 18.4 Å². The number of rotatable bonds is 9. The van der Waals surface area contributed by atoms with Crippen molar-refractivity contribution in [2.45, 2.75) is 59.0 Å². The van der Waals surface area contributed by atoms with Gasteiger partial charge in [0, 0.05) is 23.5 Å². The first kappa shape index (κ1) is 26.9. The molecule has 1 aliphatic heterocycles. The molecule has 35 heavy (non-hydrogen) atoms. The van der Waals surface area contributed by atoms with Gasteiger partial charge in [-0.1, -0.05) is 32.4 Å². The van der Waals surface area contributed by atoms with E-state index in [-0.39, 0.29) is 30.1 Å². The Morgan fingerprint density at radius 2 is 1.94 bits per heavy atom. The molecular formula is C27H39N3O4S. The number of thiophene rings is 1. The van der Waals surface area contributed by atoms with Crippen molar-refractivity contribution in [3.05, 3.63) is 46.2 Å². The number of hydrogen-bond acceptors (Lipinski definition) is 5. The maximum absolute atomic E-state index is 13.7. The number of urea groups is 1. The van der Waals surface area contributed by atoms with Gasteiger partial charge in [-0.25, -0.2) is 4.79 Å². The lowest BCUT2D eigenvalue weighted by molar-refractivity contribution is -0.135. The number of carbonyl (C=O) groups is 2. The number of fused-ring (bicyclic) bond motifs is 1. The molecule has 0 spiro atoms. The molecule has 0 fully saturated rings. The second-order valence-electron chi connectivity index (χ2n) is 10.2. The summed E-state index contributed by atoms with van der Waals surface area (Å²) in [6.45, 7) is 11.5. The van der Waals surface area contributed by atoms with E-state index in [9.17, 15) is 9.59 Å². The van der Waals surface area contributed by atoms with Gasteiger partial charge >= 0.3 is 6.03 Å². The fourth-order valence-electron chi connectivity index (χ4n) is 4.16. The molecule has 0 saturated carbocycles. The van der Waals surface area contributed by atoms with Gasteiger partial charge in [0.1, 0.15) is 13.2 Å². The summed E-state index contributed by atoms with van der Waals surface area (Å²) in [6, 6.07) is 9.17. The Bertz CT molecular complexity index is 1000. The summed E-state index contributed by atoms with van der Waals surface area (Å²) in [5.74, 6) is 1.53. The third-order valence-corrected chi connectivity index (χ3v) is 7.20. The second kappa shape index (κ2) is 11.8. The van der Waals surface area contributed by atoms with Crippen molar-refractivity contribution in [3.63, 3.8) is 0 Å². The van der Waals surface area contributed by atoms with E-state index in [1.165, 1.54) is 4.88 Å². The van der Waals surface area contributed by atoms with E-state index in [1.807, 2.05) is 49.9 Å². The normalized spacial score (nSPS) is 16.3. The molecular weight excluding hydrogens is 462 g/mol. The number of nitrogens with zero attached hydrogens (tertiary/aromatic N) is 2. The van der Waals surface area contributed by atoms with Gasteiger partial charge in [-0.3, -0.25) is 4.79 Å². The largest absolute Gasteiger partial charge is 0.493 e. The Hall–Kier alpha value is -2.74. The van der Waals surface area contributed by atoms with Crippen LogP contribution in [0.3, 0.4) is 0 Å². The third kappa shape index (κ3) is 7.13. The van der Waals surface area contributed by atoms with Gasteiger partial charge in [0.05, 0.1) is 13.2 Å². The number of benzene rings is 1. The van der Waals surface area contributed by atoms with E-state index in [0.29, 0.717) is 37.1 Å². The molecule has 3 rings (SSSR count). The minimum atomic E-state index is -0.379. The zero-order chi connectivity index (χ0) is 25.6. The summed E-state index contributed by atoms with van der Waals surface area (Å²) < 4.78 is 11.6. The van der Waals surface area contributed by atoms with Gasteiger partial charge in [0.15, 0.2) is 11.5 Å². The number of nitrogens with one attached hydrogen (secondary N) is 1. The molecule has 3 amide bonds. The summed E-state index contributed by atoms with van der Waals surface area (Å²) in [5, 5.41) is 5.09. The lowest BCUT2D eigenvalue weighted by atomic mass is 10.00. The van der Waals surface area contributed by atoms with Gasteiger partial charge in [0.2, 0.25) is 5.91 Å². The zero-order valence-electron chi connectivity index (χ0n) is 21.8. The molecule has 7 nitrogen and oxygen atoms in total. The van der Waals surface area contributed by atoms with Crippen LogP contribution in [0.1, 0.15) is 57.5 Å². The smallest absolute Gasteiger partial charge is 0.318 e. The van der Waals surface area contributed by atoms with Crippen LogP contribution in [0.5, 0.6) is 11.5 Å². The van der Waals surface area contributed by atoms with Crippen molar-refractivity contribution in [2.75, 3.05) is 33.4 Å². The summed E-state index contributed by atoms with van der Waals surface area (Å²) >= 11 is 1.72. The van der Waals surface area contributed by atoms with E-state index in [2.05, 4.69) is 30.6 Å². The molecule has 192 valence electrons. The SMILES string of the molecule is CC[C@@H](C)CN(CC(=O)N1CCc2sccc2[C@@H]1COc1ccccc1OC)C(=O)NC(C)(C)C. The summed E-state index contributed by atoms with van der Waals surface area (Å²) in [6.07, 6.45) is 1.74. The predicted molar refractivity (Wildman–Crippen MR) is 140 cm³/mol. The van der Waals surface area contributed by atoms with Crippen molar-refractivity contribution >= 4 is 23.3 Å². The van der Waals surface area contributed by atoms with Crippen LogP contribution in [0.2, 0.25) is 0 Å². The fraction of sp³-hybridized carbons (Fsp3) is 0.556. The Balaban J connectivity index is 1.79. The number of carbonyl (C=O) groups excluding carboxylic acids is 2. The molecule has 0 bridgehead atoms. The fourth-order valence-corrected chi connectivity index (χ4v) is 5.09. The average molecular weight is 502 g/mol. The second-order valence-corrected chi connectivity index (χ2v) is 11.2. The number of amides is 3. The number of para-hydroxylation sites is 2. The monoisotopic (exact) mass is 501 g/mol. The van der Waals surface area contributed by atoms with Crippen LogP contribution in [0.4, 0.5) is 4.79 Å². The molecule has 2 atom stereocenters. The van der Waals surface area contributed by atoms with Gasteiger partial charge in [-0.05, 0) is 62.3 Å². The molecule has 1 aromatic heterocycles. The molecule has 0 radical (unpaired) electrons. The number of hydrogen-bond donors (Lipinski definition) is 1. The van der Waals surface area contributed by atoms with Crippen LogP contribution in [-0.4, -0.2) is 60.6 Å². The van der Waals surface area contributed by atoms with Crippen molar-refractivity contribution in [2.24, 2.45) is 5.92 Å². The van der Waals surface area contributed by atoms with Crippen LogP contribution in [-0.2, 0) is 11.2 Å². The Labute approximate surface area is 213 Å². The molecule has 0 saturated heterocycles. The highest BCUT2D eigenvalue weighted by Crippen LogP contribution is 2.35. The maximum atomic E-state index is 13.7. The van der Waals surface area contributed by atoms with Gasteiger partial charge in [-0.15, -0.1) is 11.3 Å². The first-order valence-electron chi connectivity index (χ1n) is 12.3. The van der Waals surface area contributed by atoms with E-state index in [1.54, 1.807) is 23.3 Å². The first-order valence-corrected chi connectivity index (χ1v) is 13.2. The Morgan fingerprint density at radius 1 is 1.23 bits per heavy atom. The molecule has 1 aromatic carbocycles. The van der Waals surface area contributed by atoms with Crippen molar-refractivity contribution in [1.29, 1.82) is 0 Å². The minimum absolute atomic E-state index is 0.0386. The summed E-state index contributed by atoms with van der Waals surface area (Å²) in [5.41, 5.74) is 0.743. The molecule has 1 aliphatic rings. The lowest BCUT2D eigenvalue weighted by Gasteiger charge is -2.38. The molecule has 2 aromatic rings. The Kier molecular flexibility index (Phi) is 9.05. The maximum Gasteiger partial charge on any atom is 0.318 e. The number of methoxy groups -OCH3 is 1. The lowest BCUT2D eigenvalue weighted by Crippen LogP contribution is -2.53. The summed E-state index contributed by atoms with van der Waals surface area (Å²) in [4.78, 5) is 31.5.